The minimum Gasteiger partial charge on any atom is -0.346 e. The molecule has 0 bridgehead atoms. The average molecular weight is 285 g/mol. The SMILES string of the molecule is CCN(CC)CCn1ccc2cccc(CNC3CC3)c21. The first-order valence-electron chi connectivity index (χ1n) is 8.34. The molecule has 3 nitrogen and oxygen atoms in total. The molecule has 1 N–H and O–H groups in total. The van der Waals surface area contributed by atoms with Crippen LogP contribution >= 0.6 is 0 Å². The van der Waals surface area contributed by atoms with Crippen LogP contribution < -0.4 is 5.32 Å². The third-order valence-corrected chi connectivity index (χ3v) is 4.58. The third-order valence-electron chi connectivity index (χ3n) is 4.58. The Labute approximate surface area is 127 Å². The molecule has 1 aliphatic rings. The van der Waals surface area contributed by atoms with E-state index in [0.717, 1.165) is 38.8 Å². The second-order valence-corrected chi connectivity index (χ2v) is 6.05. The van der Waals surface area contributed by atoms with Gasteiger partial charge in [-0.2, -0.15) is 0 Å². The summed E-state index contributed by atoms with van der Waals surface area (Å²) in [5.41, 5.74) is 2.85. The van der Waals surface area contributed by atoms with Crippen molar-refractivity contribution in [2.24, 2.45) is 0 Å². The van der Waals surface area contributed by atoms with E-state index in [4.69, 9.17) is 0 Å². The smallest absolute Gasteiger partial charge is 0.0526 e. The monoisotopic (exact) mass is 285 g/mol. The molecule has 2 aromatic rings. The topological polar surface area (TPSA) is 20.2 Å². The van der Waals surface area contributed by atoms with Gasteiger partial charge < -0.3 is 14.8 Å². The molecule has 0 radical (unpaired) electrons. The first kappa shape index (κ1) is 14.6. The van der Waals surface area contributed by atoms with E-state index in [1.807, 2.05) is 0 Å². The van der Waals surface area contributed by atoms with Gasteiger partial charge in [-0.15, -0.1) is 0 Å². The molecule has 0 aliphatic heterocycles. The van der Waals surface area contributed by atoms with E-state index < -0.39 is 0 Å². The van der Waals surface area contributed by atoms with Crippen LogP contribution in [0.25, 0.3) is 10.9 Å². The van der Waals surface area contributed by atoms with Crippen LogP contribution in [-0.2, 0) is 13.1 Å². The Morgan fingerprint density at radius 1 is 1.19 bits per heavy atom. The zero-order valence-electron chi connectivity index (χ0n) is 13.3. The van der Waals surface area contributed by atoms with E-state index in [9.17, 15) is 0 Å². The molecular formula is C18H27N3. The molecule has 1 fully saturated rings. The lowest BCUT2D eigenvalue weighted by Crippen LogP contribution is -2.27. The number of para-hydroxylation sites is 1. The highest BCUT2D eigenvalue weighted by Crippen LogP contribution is 2.23. The highest BCUT2D eigenvalue weighted by atomic mass is 15.1. The molecule has 0 spiro atoms. The van der Waals surface area contributed by atoms with Crippen molar-refractivity contribution in [2.75, 3.05) is 19.6 Å². The maximum Gasteiger partial charge on any atom is 0.0526 e. The van der Waals surface area contributed by atoms with Gasteiger partial charge in [0.15, 0.2) is 0 Å². The molecule has 1 aliphatic carbocycles. The number of aromatic nitrogens is 1. The minimum atomic E-state index is 0.763. The highest BCUT2D eigenvalue weighted by Gasteiger charge is 2.20. The molecule has 0 amide bonds. The van der Waals surface area contributed by atoms with Gasteiger partial charge in [-0.3, -0.25) is 0 Å². The third kappa shape index (κ3) is 3.47. The zero-order valence-corrected chi connectivity index (χ0v) is 13.3. The van der Waals surface area contributed by atoms with Gasteiger partial charge in [-0.05, 0) is 42.9 Å². The van der Waals surface area contributed by atoms with Gasteiger partial charge in [-0.1, -0.05) is 32.0 Å². The van der Waals surface area contributed by atoms with Crippen molar-refractivity contribution >= 4 is 10.9 Å². The van der Waals surface area contributed by atoms with Crippen molar-refractivity contribution in [2.45, 2.75) is 45.8 Å². The van der Waals surface area contributed by atoms with Crippen molar-refractivity contribution in [3.63, 3.8) is 0 Å². The number of hydrogen-bond donors (Lipinski definition) is 1. The van der Waals surface area contributed by atoms with Crippen LogP contribution in [0, 0.1) is 0 Å². The van der Waals surface area contributed by atoms with E-state index >= 15 is 0 Å². The number of benzene rings is 1. The van der Waals surface area contributed by atoms with E-state index in [1.165, 1.54) is 29.3 Å². The molecule has 0 unspecified atom stereocenters. The van der Waals surface area contributed by atoms with Crippen molar-refractivity contribution in [1.29, 1.82) is 0 Å². The quantitative estimate of drug-likeness (QED) is 0.803. The molecule has 1 heterocycles. The van der Waals surface area contributed by atoms with Gasteiger partial charge in [0, 0.05) is 31.9 Å². The van der Waals surface area contributed by atoms with Gasteiger partial charge in [0.25, 0.3) is 0 Å². The predicted molar refractivity (Wildman–Crippen MR) is 89.6 cm³/mol. The molecule has 3 heteroatoms. The summed E-state index contributed by atoms with van der Waals surface area (Å²) in [5, 5.41) is 5.01. The summed E-state index contributed by atoms with van der Waals surface area (Å²) in [4.78, 5) is 2.48. The fourth-order valence-corrected chi connectivity index (χ4v) is 3.00. The first-order chi connectivity index (χ1) is 10.3. The van der Waals surface area contributed by atoms with Crippen molar-refractivity contribution < 1.29 is 0 Å². The van der Waals surface area contributed by atoms with Crippen molar-refractivity contribution in [3.8, 4) is 0 Å². The molecule has 1 aromatic heterocycles. The molecule has 1 aromatic carbocycles. The molecule has 1 saturated carbocycles. The largest absolute Gasteiger partial charge is 0.346 e. The van der Waals surface area contributed by atoms with Crippen LogP contribution in [0.5, 0.6) is 0 Å². The molecule has 0 saturated heterocycles. The maximum absolute atomic E-state index is 3.65. The van der Waals surface area contributed by atoms with Crippen LogP contribution in [0.1, 0.15) is 32.3 Å². The van der Waals surface area contributed by atoms with Gasteiger partial charge in [0.1, 0.15) is 0 Å². The lowest BCUT2D eigenvalue weighted by Gasteiger charge is -2.19. The summed E-state index contributed by atoms with van der Waals surface area (Å²) in [6, 6.07) is 9.69. The highest BCUT2D eigenvalue weighted by molar-refractivity contribution is 5.83. The van der Waals surface area contributed by atoms with Gasteiger partial charge in [-0.25, -0.2) is 0 Å². The van der Waals surface area contributed by atoms with Gasteiger partial charge >= 0.3 is 0 Å². The molecular weight excluding hydrogens is 258 g/mol. The maximum atomic E-state index is 3.65. The summed E-state index contributed by atoms with van der Waals surface area (Å²) in [7, 11) is 0. The normalized spacial score (nSPS) is 15.2. The van der Waals surface area contributed by atoms with Crippen LogP contribution in [-0.4, -0.2) is 35.1 Å². The fraction of sp³-hybridized carbons (Fsp3) is 0.556. The van der Waals surface area contributed by atoms with E-state index in [0.29, 0.717) is 0 Å². The lowest BCUT2D eigenvalue weighted by atomic mass is 10.1. The van der Waals surface area contributed by atoms with E-state index in [2.05, 4.69) is 59.1 Å². The second kappa shape index (κ2) is 6.63. The fourth-order valence-electron chi connectivity index (χ4n) is 3.00. The van der Waals surface area contributed by atoms with Crippen LogP contribution in [0.15, 0.2) is 30.5 Å². The minimum absolute atomic E-state index is 0.763. The van der Waals surface area contributed by atoms with Gasteiger partial charge in [0.05, 0.1) is 5.52 Å². The van der Waals surface area contributed by atoms with E-state index in [1.54, 1.807) is 0 Å². The number of hydrogen-bond acceptors (Lipinski definition) is 2. The summed E-state index contributed by atoms with van der Waals surface area (Å²) in [6.07, 6.45) is 4.94. The predicted octanol–water partition coefficient (Wildman–Crippen LogP) is 3.24. The lowest BCUT2D eigenvalue weighted by molar-refractivity contribution is 0.292. The van der Waals surface area contributed by atoms with Crippen LogP contribution in [0.2, 0.25) is 0 Å². The number of fused-ring (bicyclic) bond motifs is 1. The number of rotatable bonds is 8. The standard InChI is InChI=1S/C18H27N3/c1-3-20(4-2)12-13-21-11-10-15-6-5-7-16(18(15)21)14-19-17-8-9-17/h5-7,10-11,17,19H,3-4,8-9,12-14H2,1-2H3. The molecule has 21 heavy (non-hydrogen) atoms. The molecule has 0 atom stereocenters. The van der Waals surface area contributed by atoms with Crippen molar-refractivity contribution in [1.82, 2.24) is 14.8 Å². The number of likely N-dealkylation sites (N-methyl/N-ethyl adjacent to an activating group) is 1. The number of nitrogens with one attached hydrogen (secondary N) is 1. The molecule has 3 rings (SSSR count). The zero-order chi connectivity index (χ0) is 14.7. The Hall–Kier alpha value is -1.32. The van der Waals surface area contributed by atoms with Crippen LogP contribution in [0.3, 0.4) is 0 Å². The van der Waals surface area contributed by atoms with Crippen molar-refractivity contribution in [3.05, 3.63) is 36.0 Å². The summed E-state index contributed by atoms with van der Waals surface area (Å²) < 4.78 is 2.43. The Kier molecular flexibility index (Phi) is 4.61. The Morgan fingerprint density at radius 2 is 2.00 bits per heavy atom. The van der Waals surface area contributed by atoms with E-state index in [-0.39, 0.29) is 0 Å². The molecule has 114 valence electrons. The van der Waals surface area contributed by atoms with Crippen LogP contribution in [0.4, 0.5) is 0 Å². The second-order valence-electron chi connectivity index (χ2n) is 6.05. The Balaban J connectivity index is 1.77. The summed E-state index contributed by atoms with van der Waals surface area (Å²) >= 11 is 0. The number of nitrogens with zero attached hydrogens (tertiary/aromatic N) is 2. The average Bonchev–Trinajstić information content (AvgIpc) is 3.25. The van der Waals surface area contributed by atoms with Gasteiger partial charge in [0.2, 0.25) is 0 Å². The summed E-state index contributed by atoms with van der Waals surface area (Å²) in [6.45, 7) is 9.94. The Bertz CT molecular complexity index is 579. The first-order valence-corrected chi connectivity index (χ1v) is 8.34. The summed E-state index contributed by atoms with van der Waals surface area (Å²) in [5.74, 6) is 0. The Morgan fingerprint density at radius 3 is 2.71 bits per heavy atom.